The van der Waals surface area contributed by atoms with Crippen molar-refractivity contribution in [3.05, 3.63) is 149 Å². The summed E-state index contributed by atoms with van der Waals surface area (Å²) < 4.78 is 0. The van der Waals surface area contributed by atoms with Crippen LogP contribution in [-0.4, -0.2) is 15.2 Å². The highest BCUT2D eigenvalue weighted by Gasteiger charge is 2.15. The molecule has 0 saturated heterocycles. The number of H-pyrrole nitrogens is 1. The topological polar surface area (TPSA) is 53.6 Å². The zero-order chi connectivity index (χ0) is 28.5. The summed E-state index contributed by atoms with van der Waals surface area (Å²) in [6.45, 7) is 18.4. The van der Waals surface area contributed by atoms with Crippen molar-refractivity contribution in [2.24, 2.45) is 0 Å². The van der Waals surface area contributed by atoms with Crippen LogP contribution in [0.5, 0.6) is 0 Å². The largest absolute Gasteiger partial charge is 0.358 e. The van der Waals surface area contributed by atoms with Gasteiger partial charge in [-0.1, -0.05) is 74.4 Å². The first-order valence-corrected chi connectivity index (χ1v) is 14.3. The summed E-state index contributed by atoms with van der Waals surface area (Å²) in [5, 5.41) is 15.3. The Bertz CT molecular complexity index is 1630. The number of nitrogens with one attached hydrogen (secondary N) is 2. The van der Waals surface area contributed by atoms with Crippen LogP contribution in [0.2, 0.25) is 0 Å². The van der Waals surface area contributed by atoms with E-state index in [0.717, 1.165) is 52.0 Å². The third-order valence-corrected chi connectivity index (χ3v) is 7.55. The third-order valence-electron chi connectivity index (χ3n) is 6.87. The lowest BCUT2D eigenvalue weighted by molar-refractivity contribution is 0.966. The second kappa shape index (κ2) is 13.5. The molecule has 0 saturated carbocycles. The average molecular weight is 545 g/mol. The number of rotatable bonds is 12. The normalized spacial score (nSPS) is 13.2. The van der Waals surface area contributed by atoms with Gasteiger partial charge in [-0.3, -0.25) is 5.10 Å². The number of thiophene rings is 1. The Hall–Kier alpha value is -4.48. The number of hydrogen-bond acceptors (Lipinski definition) is 4. The molecule has 0 unspecified atom stereocenters. The Morgan fingerprint density at radius 2 is 1.88 bits per heavy atom. The van der Waals surface area contributed by atoms with Crippen molar-refractivity contribution in [2.75, 3.05) is 0 Å². The van der Waals surface area contributed by atoms with Crippen LogP contribution in [0.25, 0.3) is 27.9 Å². The molecule has 0 radical (unpaired) electrons. The molecule has 4 rings (SSSR count). The molecule has 0 fully saturated rings. The number of pyridine rings is 1. The fourth-order valence-electron chi connectivity index (χ4n) is 4.50. The highest BCUT2D eigenvalue weighted by atomic mass is 32.1. The van der Waals surface area contributed by atoms with Crippen molar-refractivity contribution in [2.45, 2.75) is 33.6 Å². The zero-order valence-corrected chi connectivity index (χ0v) is 24.3. The van der Waals surface area contributed by atoms with E-state index in [0.29, 0.717) is 11.4 Å². The molecule has 0 aliphatic carbocycles. The Labute approximate surface area is 241 Å². The van der Waals surface area contributed by atoms with E-state index in [1.165, 1.54) is 16.7 Å². The second-order valence-corrected chi connectivity index (χ2v) is 10.3. The van der Waals surface area contributed by atoms with Crippen molar-refractivity contribution in [3.8, 4) is 0 Å². The van der Waals surface area contributed by atoms with Crippen LogP contribution in [-0.2, 0) is 6.42 Å². The van der Waals surface area contributed by atoms with Gasteiger partial charge >= 0.3 is 0 Å². The fourth-order valence-corrected chi connectivity index (χ4v) is 5.15. The third kappa shape index (κ3) is 6.74. The van der Waals surface area contributed by atoms with Gasteiger partial charge in [0.25, 0.3) is 0 Å². The smallest absolute Gasteiger partial charge is 0.134 e. The zero-order valence-electron chi connectivity index (χ0n) is 23.5. The first-order chi connectivity index (χ1) is 19.4. The minimum absolute atomic E-state index is 0.684. The van der Waals surface area contributed by atoms with Crippen molar-refractivity contribution < 1.29 is 0 Å². The van der Waals surface area contributed by atoms with Crippen LogP contribution in [0, 0.1) is 0 Å². The second-order valence-electron chi connectivity index (χ2n) is 9.50. The van der Waals surface area contributed by atoms with Crippen molar-refractivity contribution in [1.82, 2.24) is 20.5 Å². The molecule has 1 aromatic carbocycles. The van der Waals surface area contributed by atoms with Crippen molar-refractivity contribution in [1.29, 1.82) is 0 Å². The minimum atomic E-state index is 0.684. The number of hydrogen-bond donors (Lipinski definition) is 2. The first kappa shape index (κ1) is 28.5. The molecule has 0 spiro atoms. The van der Waals surface area contributed by atoms with Crippen LogP contribution >= 0.6 is 11.3 Å². The number of nitrogens with zero attached hydrogens (tertiary/aromatic N) is 2. The number of aromatic amines is 1. The number of allylic oxidation sites excluding steroid dienone is 10. The average Bonchev–Trinajstić information content (AvgIpc) is 3.66. The molecule has 0 atom stereocenters. The van der Waals surface area contributed by atoms with Crippen LogP contribution < -0.4 is 5.32 Å². The molecule has 202 valence electrons. The van der Waals surface area contributed by atoms with Gasteiger partial charge in [-0.25, -0.2) is 4.98 Å². The standard InChI is InChI=1S/C35H36N4S/c1-7-13-31(30-20-21-40-23-30)24(4)25(5)36-26(6)34-35-33(38-39-34)19-18-32(37-35)29(9-3)22-27(8-2)16-17-28-14-11-10-12-15-28/h7-15,18-23,36H,1-2,6,16-17H2,3-5H3,(H,38,39)/b25-24+,27-22+,29-9+,31-13+. The predicted molar refractivity (Wildman–Crippen MR) is 174 cm³/mol. The summed E-state index contributed by atoms with van der Waals surface area (Å²) in [6, 6.07) is 16.7. The number of fused-ring (bicyclic) bond motifs is 1. The molecule has 5 heteroatoms. The van der Waals surface area contributed by atoms with Crippen LogP contribution in [0.1, 0.15) is 49.7 Å². The molecule has 4 nitrogen and oxygen atoms in total. The molecule has 0 aliphatic heterocycles. The van der Waals surface area contributed by atoms with Crippen molar-refractivity contribution in [3.63, 3.8) is 0 Å². The molecule has 0 aliphatic rings. The number of benzene rings is 1. The van der Waals surface area contributed by atoms with E-state index in [-0.39, 0.29) is 0 Å². The van der Waals surface area contributed by atoms with E-state index < -0.39 is 0 Å². The summed E-state index contributed by atoms with van der Waals surface area (Å²) in [7, 11) is 0. The molecular formula is C35H36N4S. The summed E-state index contributed by atoms with van der Waals surface area (Å²) in [5.41, 5.74) is 11.8. The van der Waals surface area contributed by atoms with Crippen molar-refractivity contribution >= 4 is 39.2 Å². The molecule has 4 aromatic rings. The SMILES string of the molecule is C=C/C=C(\C(C)=C(/C)NC(=C)c1n[nH]c2ccc(C(/C=C(\C=C)CCc3ccccc3)=C/C)nc12)c1ccsc1. The maximum absolute atomic E-state index is 5.01. The van der Waals surface area contributed by atoms with Gasteiger partial charge in [0.2, 0.25) is 0 Å². The van der Waals surface area contributed by atoms with E-state index >= 15 is 0 Å². The monoisotopic (exact) mass is 544 g/mol. The molecule has 2 N–H and O–H groups in total. The quantitative estimate of drug-likeness (QED) is 0.175. The lowest BCUT2D eigenvalue weighted by Gasteiger charge is -2.14. The Balaban J connectivity index is 1.58. The van der Waals surface area contributed by atoms with Gasteiger partial charge in [0.05, 0.1) is 16.9 Å². The Morgan fingerprint density at radius 1 is 1.07 bits per heavy atom. The van der Waals surface area contributed by atoms with Gasteiger partial charge in [0.15, 0.2) is 0 Å². The molecule has 0 bridgehead atoms. The van der Waals surface area contributed by atoms with Gasteiger partial charge < -0.3 is 5.32 Å². The van der Waals surface area contributed by atoms with Gasteiger partial charge in [0.1, 0.15) is 11.2 Å². The highest BCUT2D eigenvalue weighted by molar-refractivity contribution is 7.08. The summed E-state index contributed by atoms with van der Waals surface area (Å²) in [6.07, 6.45) is 11.9. The lowest BCUT2D eigenvalue weighted by Crippen LogP contribution is -2.12. The first-order valence-electron chi connectivity index (χ1n) is 13.3. The summed E-state index contributed by atoms with van der Waals surface area (Å²) in [4.78, 5) is 5.01. The number of aryl methyl sites for hydroxylation is 1. The fraction of sp³-hybridized carbons (Fsp3) is 0.143. The van der Waals surface area contributed by atoms with E-state index in [4.69, 9.17) is 4.98 Å². The minimum Gasteiger partial charge on any atom is -0.358 e. The molecule has 3 aromatic heterocycles. The van der Waals surface area contributed by atoms with Crippen LogP contribution in [0.4, 0.5) is 0 Å². The maximum atomic E-state index is 5.01. The predicted octanol–water partition coefficient (Wildman–Crippen LogP) is 9.29. The molecular weight excluding hydrogens is 508 g/mol. The summed E-state index contributed by atoms with van der Waals surface area (Å²) >= 11 is 1.68. The summed E-state index contributed by atoms with van der Waals surface area (Å²) in [5.74, 6) is 0. The lowest BCUT2D eigenvalue weighted by atomic mass is 9.99. The Morgan fingerprint density at radius 3 is 2.55 bits per heavy atom. The molecule has 40 heavy (non-hydrogen) atoms. The van der Waals surface area contributed by atoms with Gasteiger partial charge in [-0.05, 0) is 102 Å². The molecule has 0 amide bonds. The van der Waals surface area contributed by atoms with E-state index in [1.54, 1.807) is 11.3 Å². The van der Waals surface area contributed by atoms with Gasteiger partial charge in [-0.2, -0.15) is 16.4 Å². The van der Waals surface area contributed by atoms with E-state index in [2.05, 4.69) is 95.4 Å². The van der Waals surface area contributed by atoms with Crippen LogP contribution in [0.15, 0.2) is 126 Å². The van der Waals surface area contributed by atoms with Gasteiger partial charge in [0, 0.05) is 5.70 Å². The van der Waals surface area contributed by atoms with Gasteiger partial charge in [-0.15, -0.1) is 0 Å². The Kier molecular flexibility index (Phi) is 9.66. The van der Waals surface area contributed by atoms with E-state index in [9.17, 15) is 0 Å². The van der Waals surface area contributed by atoms with Crippen LogP contribution in [0.3, 0.4) is 0 Å². The highest BCUT2D eigenvalue weighted by Crippen LogP contribution is 2.29. The number of aromatic nitrogens is 3. The molecule has 3 heterocycles. The maximum Gasteiger partial charge on any atom is 0.134 e. The van der Waals surface area contributed by atoms with E-state index in [1.807, 2.05) is 50.3 Å².